The van der Waals surface area contributed by atoms with Gasteiger partial charge in [0, 0.05) is 30.5 Å². The van der Waals surface area contributed by atoms with E-state index in [4.69, 9.17) is 4.74 Å². The molecule has 7 nitrogen and oxygen atoms in total. The number of rotatable bonds is 4. The molecule has 1 aromatic heterocycles. The van der Waals surface area contributed by atoms with Gasteiger partial charge in [0.15, 0.2) is 11.5 Å². The molecule has 35 heavy (non-hydrogen) atoms. The number of nitrogens with zero attached hydrogens (tertiary/aromatic N) is 2. The first-order chi connectivity index (χ1) is 16.0. The Labute approximate surface area is 217 Å². The number of pyridine rings is 1. The molecule has 1 aromatic carbocycles. The largest absolute Gasteiger partial charge is 0.504 e. The summed E-state index contributed by atoms with van der Waals surface area (Å²) >= 11 is 0. The van der Waals surface area contributed by atoms with Gasteiger partial charge in [0.05, 0.1) is 22.6 Å². The van der Waals surface area contributed by atoms with E-state index in [-0.39, 0.29) is 48.6 Å². The predicted octanol–water partition coefficient (Wildman–Crippen LogP) is 2.99. The van der Waals surface area contributed by atoms with Crippen LogP contribution in [0.1, 0.15) is 53.6 Å². The first-order valence-electron chi connectivity index (χ1n) is 12.2. The molecule has 9 heteroatoms. The molecular formula is C26H31Cl2N3O4. The lowest BCUT2D eigenvalue weighted by Gasteiger charge is -2.64. The average molecular weight is 520 g/mol. The Morgan fingerprint density at radius 2 is 2.03 bits per heavy atom. The van der Waals surface area contributed by atoms with Gasteiger partial charge in [0.25, 0.3) is 5.91 Å². The number of phenols is 1. The number of ether oxygens (including phenoxy) is 1. The lowest BCUT2D eigenvalue weighted by Crippen LogP contribution is -2.78. The Morgan fingerprint density at radius 1 is 1.20 bits per heavy atom. The van der Waals surface area contributed by atoms with Crippen molar-refractivity contribution in [1.29, 1.82) is 0 Å². The number of aliphatic hydroxyl groups is 1. The summed E-state index contributed by atoms with van der Waals surface area (Å²) in [4.78, 5) is 19.6. The number of amides is 1. The van der Waals surface area contributed by atoms with Crippen LogP contribution < -0.4 is 10.1 Å². The third-order valence-electron chi connectivity index (χ3n) is 9.00. The van der Waals surface area contributed by atoms with E-state index < -0.39 is 17.1 Å². The minimum Gasteiger partial charge on any atom is -0.504 e. The van der Waals surface area contributed by atoms with Crippen LogP contribution in [0.4, 0.5) is 0 Å². The normalized spacial score (nSPS) is 34.0. The lowest BCUT2D eigenvalue weighted by atomic mass is 9.48. The molecule has 0 unspecified atom stereocenters. The van der Waals surface area contributed by atoms with Gasteiger partial charge < -0.3 is 20.3 Å². The molecule has 2 aromatic rings. The number of carbonyl (C=O) groups is 1. The molecule has 1 spiro atoms. The average Bonchev–Trinajstić information content (AvgIpc) is 3.56. The number of hydrogen-bond donors (Lipinski definition) is 3. The number of likely N-dealkylation sites (tertiary alicyclic amines) is 1. The van der Waals surface area contributed by atoms with Crippen LogP contribution in [0.3, 0.4) is 0 Å². The van der Waals surface area contributed by atoms with E-state index in [0.717, 1.165) is 37.4 Å². The first-order valence-corrected chi connectivity index (χ1v) is 12.2. The van der Waals surface area contributed by atoms with Crippen LogP contribution in [-0.2, 0) is 11.8 Å². The number of piperidine rings is 1. The highest BCUT2D eigenvalue weighted by atomic mass is 35.5. The number of aromatic hydroxyl groups is 1. The molecule has 1 saturated heterocycles. The summed E-state index contributed by atoms with van der Waals surface area (Å²) in [5.41, 5.74) is 1.10. The summed E-state index contributed by atoms with van der Waals surface area (Å²) in [6.07, 6.45) is 8.15. The summed E-state index contributed by atoms with van der Waals surface area (Å²) in [6, 6.07) is 7.01. The quantitative estimate of drug-likeness (QED) is 0.574. The Morgan fingerprint density at radius 3 is 2.77 bits per heavy atom. The van der Waals surface area contributed by atoms with Crippen LogP contribution in [0.5, 0.6) is 11.5 Å². The third kappa shape index (κ3) is 3.31. The van der Waals surface area contributed by atoms with Gasteiger partial charge in [-0.25, -0.2) is 0 Å². The highest BCUT2D eigenvalue weighted by Gasteiger charge is 2.73. The molecule has 1 amide bonds. The van der Waals surface area contributed by atoms with Crippen molar-refractivity contribution >= 4 is 30.7 Å². The van der Waals surface area contributed by atoms with Gasteiger partial charge >= 0.3 is 0 Å². The minimum absolute atomic E-state index is 0. The van der Waals surface area contributed by atoms with E-state index in [0.29, 0.717) is 24.2 Å². The zero-order chi connectivity index (χ0) is 22.4. The topological polar surface area (TPSA) is 94.9 Å². The molecule has 2 aliphatic heterocycles. The molecule has 2 saturated carbocycles. The van der Waals surface area contributed by atoms with Crippen LogP contribution in [0.2, 0.25) is 0 Å². The fraction of sp³-hybridized carbons (Fsp3) is 0.538. The summed E-state index contributed by atoms with van der Waals surface area (Å²) < 4.78 is 6.49. The van der Waals surface area contributed by atoms with Crippen LogP contribution in [0, 0.1) is 5.92 Å². The Kier molecular flexibility index (Phi) is 5.99. The highest BCUT2D eigenvalue weighted by Crippen LogP contribution is 2.65. The van der Waals surface area contributed by atoms with E-state index in [9.17, 15) is 15.0 Å². The van der Waals surface area contributed by atoms with Gasteiger partial charge in [-0.1, -0.05) is 6.07 Å². The minimum atomic E-state index is -0.938. The number of hydrogen-bond acceptors (Lipinski definition) is 6. The Hall–Kier alpha value is -2.06. The van der Waals surface area contributed by atoms with Gasteiger partial charge in [0.2, 0.25) is 0 Å². The molecular weight excluding hydrogens is 489 g/mol. The Balaban J connectivity index is 0.00000127. The molecule has 0 radical (unpaired) electrons. The summed E-state index contributed by atoms with van der Waals surface area (Å²) in [7, 11) is 0. The summed E-state index contributed by atoms with van der Waals surface area (Å²) in [5, 5.41) is 26.3. The number of phenolic OH excluding ortho intramolecular Hbond substituents is 1. The van der Waals surface area contributed by atoms with E-state index in [2.05, 4.69) is 15.2 Å². The smallest absolute Gasteiger partial charge is 0.253 e. The molecule has 5 atom stereocenters. The molecule has 5 aliphatic rings. The van der Waals surface area contributed by atoms with Crippen molar-refractivity contribution in [2.24, 2.45) is 5.92 Å². The standard InChI is InChI=1S/C26H29N3O4.2ClH/c30-19-6-5-16-12-20-26(32)8-7-18(28-24(31)17-2-1-10-27-13-17)23-25(26,21(16)22(19)33-23)9-11-29(20)14-15-3-4-15;;/h1-2,5-6,10,13,15,18,20,23,30,32H,3-4,7-9,11-12,14H2,(H,28,31);2*1H/t18-,20+,23-,25-,26+;;/m0../s1. The van der Waals surface area contributed by atoms with Crippen molar-refractivity contribution in [2.75, 3.05) is 13.1 Å². The third-order valence-corrected chi connectivity index (χ3v) is 9.00. The van der Waals surface area contributed by atoms with Crippen molar-refractivity contribution in [3.8, 4) is 11.5 Å². The van der Waals surface area contributed by atoms with Gasteiger partial charge in [0.1, 0.15) is 6.10 Å². The van der Waals surface area contributed by atoms with E-state index >= 15 is 0 Å². The predicted molar refractivity (Wildman–Crippen MR) is 135 cm³/mol. The molecule has 188 valence electrons. The number of benzene rings is 1. The maximum Gasteiger partial charge on any atom is 0.253 e. The molecule has 3 N–H and O–H groups in total. The first kappa shape index (κ1) is 24.6. The number of carbonyl (C=O) groups excluding carboxylic acids is 1. The maximum absolute atomic E-state index is 13.0. The van der Waals surface area contributed by atoms with Gasteiger partial charge in [-0.05, 0) is 74.8 Å². The molecule has 3 aliphatic carbocycles. The Bertz CT molecular complexity index is 1150. The second-order valence-electron chi connectivity index (χ2n) is 10.7. The van der Waals surface area contributed by atoms with Crippen molar-refractivity contribution in [2.45, 2.75) is 67.7 Å². The number of halogens is 2. The van der Waals surface area contributed by atoms with E-state index in [1.54, 1.807) is 30.6 Å². The molecule has 3 fully saturated rings. The van der Waals surface area contributed by atoms with Crippen molar-refractivity contribution < 1.29 is 19.7 Å². The van der Waals surface area contributed by atoms with E-state index in [1.807, 2.05) is 6.07 Å². The maximum atomic E-state index is 13.0. The van der Waals surface area contributed by atoms with Gasteiger partial charge in [-0.3, -0.25) is 14.7 Å². The second-order valence-corrected chi connectivity index (χ2v) is 10.7. The molecule has 3 heterocycles. The van der Waals surface area contributed by atoms with Crippen molar-refractivity contribution in [3.05, 3.63) is 53.3 Å². The lowest BCUT2D eigenvalue weighted by molar-refractivity contribution is -0.191. The SMILES string of the molecule is Cl.Cl.O=C(N[C@H]1CC[C@@]2(O)[C@H]3Cc4ccc(O)c5c4[C@@]2(CCN3CC2CC2)[C@H]1O5)c1cccnc1. The van der Waals surface area contributed by atoms with Gasteiger partial charge in [-0.15, -0.1) is 24.8 Å². The monoisotopic (exact) mass is 519 g/mol. The van der Waals surface area contributed by atoms with Crippen molar-refractivity contribution in [1.82, 2.24) is 15.2 Å². The van der Waals surface area contributed by atoms with Crippen LogP contribution in [-0.4, -0.2) is 62.9 Å². The van der Waals surface area contributed by atoms with Crippen LogP contribution in [0.25, 0.3) is 0 Å². The number of aromatic nitrogens is 1. The molecule has 7 rings (SSSR count). The number of nitrogens with one attached hydrogen (secondary N) is 1. The van der Waals surface area contributed by atoms with Crippen molar-refractivity contribution in [3.63, 3.8) is 0 Å². The fourth-order valence-electron chi connectivity index (χ4n) is 7.38. The van der Waals surface area contributed by atoms with E-state index in [1.165, 1.54) is 18.4 Å². The zero-order valence-electron chi connectivity index (χ0n) is 19.4. The fourth-order valence-corrected chi connectivity index (χ4v) is 7.38. The second kappa shape index (κ2) is 8.51. The highest BCUT2D eigenvalue weighted by molar-refractivity contribution is 5.94. The summed E-state index contributed by atoms with van der Waals surface area (Å²) in [6.45, 7) is 1.96. The molecule has 2 bridgehead atoms. The van der Waals surface area contributed by atoms with Crippen LogP contribution in [0.15, 0.2) is 36.7 Å². The summed E-state index contributed by atoms with van der Waals surface area (Å²) in [5.74, 6) is 1.20. The van der Waals surface area contributed by atoms with Crippen LogP contribution >= 0.6 is 24.8 Å². The van der Waals surface area contributed by atoms with Gasteiger partial charge in [-0.2, -0.15) is 0 Å². The zero-order valence-corrected chi connectivity index (χ0v) is 21.0.